The quantitative estimate of drug-likeness (QED) is 0.414. The van der Waals surface area contributed by atoms with E-state index in [-0.39, 0.29) is 0 Å². The lowest BCUT2D eigenvalue weighted by atomic mass is 11.0. The maximum absolute atomic E-state index is 10.6. The van der Waals surface area contributed by atoms with E-state index in [9.17, 15) is 4.57 Å². The SMILES string of the molecule is NC=COP(=O)(O)OC=CN. The molecule has 0 aromatic rings. The van der Waals surface area contributed by atoms with Gasteiger partial charge in [0.25, 0.3) is 0 Å². The smallest absolute Gasteiger partial charge is 0.402 e. The summed E-state index contributed by atoms with van der Waals surface area (Å²) in [5.41, 5.74) is 9.66. The Labute approximate surface area is 63.7 Å². The number of rotatable bonds is 4. The number of phosphoric acid groups is 1. The average molecular weight is 180 g/mol. The molecule has 0 radical (unpaired) electrons. The summed E-state index contributed by atoms with van der Waals surface area (Å²) in [6.07, 6.45) is 3.59. The van der Waals surface area contributed by atoms with Gasteiger partial charge in [-0.1, -0.05) is 0 Å². The Kier molecular flexibility index (Phi) is 4.17. The summed E-state index contributed by atoms with van der Waals surface area (Å²) >= 11 is 0. The highest BCUT2D eigenvalue weighted by Gasteiger charge is 2.19. The van der Waals surface area contributed by atoms with Gasteiger partial charge < -0.3 is 20.5 Å². The molecule has 0 aromatic heterocycles. The average Bonchev–Trinajstić information content (AvgIpc) is 1.97. The fraction of sp³-hybridized carbons (Fsp3) is 0. The minimum Gasteiger partial charge on any atom is -0.402 e. The maximum Gasteiger partial charge on any atom is 0.583 e. The van der Waals surface area contributed by atoms with Crippen LogP contribution < -0.4 is 11.5 Å². The van der Waals surface area contributed by atoms with Gasteiger partial charge >= 0.3 is 7.82 Å². The minimum absolute atomic E-state index is 0.838. The second-order valence-corrected chi connectivity index (χ2v) is 2.70. The maximum atomic E-state index is 10.6. The lowest BCUT2D eigenvalue weighted by Crippen LogP contribution is -1.87. The van der Waals surface area contributed by atoms with Crippen molar-refractivity contribution in [3.05, 3.63) is 24.9 Å². The van der Waals surface area contributed by atoms with Gasteiger partial charge in [0.1, 0.15) is 12.5 Å². The molecule has 0 heterocycles. The fourth-order valence-corrected chi connectivity index (χ4v) is 0.747. The van der Waals surface area contributed by atoms with Crippen molar-refractivity contribution in [2.75, 3.05) is 0 Å². The first-order valence-corrected chi connectivity index (χ1v) is 4.05. The van der Waals surface area contributed by atoms with Gasteiger partial charge in [0, 0.05) is 12.4 Å². The van der Waals surface area contributed by atoms with E-state index in [0.717, 1.165) is 24.9 Å². The molecule has 0 saturated carbocycles. The Morgan fingerprint density at radius 2 is 1.55 bits per heavy atom. The van der Waals surface area contributed by atoms with Crippen molar-refractivity contribution < 1.29 is 18.5 Å². The molecule has 0 atom stereocenters. The Morgan fingerprint density at radius 1 is 1.18 bits per heavy atom. The third-order valence-electron chi connectivity index (χ3n) is 0.545. The van der Waals surface area contributed by atoms with Crippen LogP contribution in [0.15, 0.2) is 24.9 Å². The molecular formula is C4H9N2O4P. The van der Waals surface area contributed by atoms with Crippen molar-refractivity contribution in [2.24, 2.45) is 11.5 Å². The van der Waals surface area contributed by atoms with Crippen LogP contribution >= 0.6 is 7.82 Å². The minimum atomic E-state index is -4.06. The molecule has 5 N–H and O–H groups in total. The van der Waals surface area contributed by atoms with Crippen molar-refractivity contribution in [2.45, 2.75) is 0 Å². The first-order chi connectivity index (χ1) is 5.12. The van der Waals surface area contributed by atoms with Crippen molar-refractivity contribution in [1.82, 2.24) is 0 Å². The van der Waals surface area contributed by atoms with Crippen molar-refractivity contribution in [1.29, 1.82) is 0 Å². The molecule has 0 aromatic carbocycles. The van der Waals surface area contributed by atoms with E-state index in [1.54, 1.807) is 0 Å². The highest BCUT2D eigenvalue weighted by Crippen LogP contribution is 2.43. The van der Waals surface area contributed by atoms with E-state index >= 15 is 0 Å². The summed E-state index contributed by atoms with van der Waals surface area (Å²) in [6, 6.07) is 0. The first-order valence-electron chi connectivity index (χ1n) is 2.55. The standard InChI is InChI=1S/C4H9N2O4P/c5-1-3-9-11(7,8)10-4-2-6/h1-4H,5-6H2,(H,7,8). The molecule has 0 bridgehead atoms. The Bertz CT molecular complexity index is 184. The van der Waals surface area contributed by atoms with Crippen molar-refractivity contribution >= 4 is 7.82 Å². The molecular weight excluding hydrogens is 171 g/mol. The number of hydrogen-bond donors (Lipinski definition) is 3. The third kappa shape index (κ3) is 5.32. The molecule has 0 fully saturated rings. The Morgan fingerprint density at radius 3 is 1.82 bits per heavy atom. The highest BCUT2D eigenvalue weighted by molar-refractivity contribution is 7.47. The van der Waals surface area contributed by atoms with Gasteiger partial charge in [0.05, 0.1) is 0 Å². The molecule has 0 unspecified atom stereocenters. The van der Waals surface area contributed by atoms with Crippen LogP contribution in [0.5, 0.6) is 0 Å². The number of hydrogen-bond acceptors (Lipinski definition) is 5. The molecule has 0 spiro atoms. The van der Waals surface area contributed by atoms with Crippen LogP contribution in [0.25, 0.3) is 0 Å². The van der Waals surface area contributed by atoms with E-state index in [4.69, 9.17) is 16.4 Å². The van der Waals surface area contributed by atoms with Gasteiger partial charge in [-0.05, 0) is 0 Å². The summed E-state index contributed by atoms with van der Waals surface area (Å²) in [5.74, 6) is 0. The van der Waals surface area contributed by atoms with Gasteiger partial charge in [-0.3, -0.25) is 4.89 Å². The summed E-state index contributed by atoms with van der Waals surface area (Å²) < 4.78 is 18.9. The highest BCUT2D eigenvalue weighted by atomic mass is 31.2. The van der Waals surface area contributed by atoms with Gasteiger partial charge in [-0.15, -0.1) is 0 Å². The van der Waals surface area contributed by atoms with Crippen LogP contribution in [0.2, 0.25) is 0 Å². The largest absolute Gasteiger partial charge is 0.583 e. The van der Waals surface area contributed by atoms with Crippen molar-refractivity contribution in [3.8, 4) is 0 Å². The lowest BCUT2D eigenvalue weighted by molar-refractivity contribution is 0.243. The van der Waals surface area contributed by atoms with Gasteiger partial charge in [0.2, 0.25) is 0 Å². The van der Waals surface area contributed by atoms with Crippen LogP contribution in [0, 0.1) is 0 Å². The zero-order chi connectivity index (χ0) is 8.74. The fourth-order valence-electron chi connectivity index (χ4n) is 0.249. The second kappa shape index (κ2) is 4.65. The molecule has 6 nitrogen and oxygen atoms in total. The zero-order valence-corrected chi connectivity index (χ0v) is 6.48. The topological polar surface area (TPSA) is 108 Å². The second-order valence-electron chi connectivity index (χ2n) is 1.34. The van der Waals surface area contributed by atoms with Gasteiger partial charge in [-0.25, -0.2) is 4.57 Å². The predicted octanol–water partition coefficient (Wildman–Crippen LogP) is -0.0202. The predicted molar refractivity (Wildman–Crippen MR) is 38.7 cm³/mol. The van der Waals surface area contributed by atoms with E-state index in [1.807, 2.05) is 0 Å². The van der Waals surface area contributed by atoms with Gasteiger partial charge in [-0.2, -0.15) is 0 Å². The first kappa shape index (κ1) is 9.87. The van der Waals surface area contributed by atoms with Crippen molar-refractivity contribution in [3.63, 3.8) is 0 Å². The molecule has 0 amide bonds. The van der Waals surface area contributed by atoms with Crippen LogP contribution in [-0.4, -0.2) is 4.89 Å². The molecule has 0 aliphatic heterocycles. The summed E-state index contributed by atoms with van der Waals surface area (Å²) in [4.78, 5) is 8.67. The Balaban J connectivity index is 3.90. The normalized spacial score (nSPS) is 16.8. The van der Waals surface area contributed by atoms with Crippen LogP contribution in [0.3, 0.4) is 0 Å². The molecule has 0 rings (SSSR count). The molecule has 11 heavy (non-hydrogen) atoms. The molecule has 0 saturated heterocycles. The van der Waals surface area contributed by atoms with Crippen LogP contribution in [-0.2, 0) is 13.6 Å². The van der Waals surface area contributed by atoms with E-state index < -0.39 is 7.82 Å². The monoisotopic (exact) mass is 180 g/mol. The summed E-state index contributed by atoms with van der Waals surface area (Å²) in [7, 11) is -4.06. The summed E-state index contributed by atoms with van der Waals surface area (Å²) in [6.45, 7) is 0. The number of nitrogens with two attached hydrogens (primary N) is 2. The van der Waals surface area contributed by atoms with Gasteiger partial charge in [0.15, 0.2) is 0 Å². The molecule has 64 valence electrons. The van der Waals surface area contributed by atoms with E-state index in [1.165, 1.54) is 0 Å². The number of phosphoric ester groups is 1. The molecule has 0 aliphatic carbocycles. The van der Waals surface area contributed by atoms with E-state index in [2.05, 4.69) is 9.05 Å². The molecule has 0 aliphatic rings. The van der Waals surface area contributed by atoms with E-state index in [0.29, 0.717) is 0 Å². The lowest BCUT2D eigenvalue weighted by Gasteiger charge is -2.05. The third-order valence-corrected chi connectivity index (χ3v) is 1.32. The Hall–Kier alpha value is -1.13. The van der Waals surface area contributed by atoms with Crippen LogP contribution in [0.1, 0.15) is 0 Å². The van der Waals surface area contributed by atoms with Crippen LogP contribution in [0.4, 0.5) is 0 Å². The zero-order valence-electron chi connectivity index (χ0n) is 5.58. The summed E-state index contributed by atoms with van der Waals surface area (Å²) in [5, 5.41) is 0. The molecule has 7 heteroatoms.